The van der Waals surface area contributed by atoms with Crippen LogP contribution in [0.15, 0.2) is 48.9 Å². The summed E-state index contributed by atoms with van der Waals surface area (Å²) in [4.78, 5) is 13.4. The van der Waals surface area contributed by atoms with E-state index in [2.05, 4.69) is 20.1 Å². The van der Waals surface area contributed by atoms with Gasteiger partial charge in [-0.15, -0.1) is 5.10 Å². The van der Waals surface area contributed by atoms with Crippen LogP contribution >= 0.6 is 0 Å². The molecule has 0 bridgehead atoms. The van der Waals surface area contributed by atoms with Crippen molar-refractivity contribution in [1.82, 2.24) is 29.3 Å². The maximum Gasteiger partial charge on any atom is 0.416 e. The minimum atomic E-state index is -4.50. The van der Waals surface area contributed by atoms with Crippen molar-refractivity contribution in [2.45, 2.75) is 37.2 Å². The van der Waals surface area contributed by atoms with E-state index < -0.39 is 32.7 Å². The molecule has 0 N–H and O–H groups in total. The van der Waals surface area contributed by atoms with Gasteiger partial charge < -0.3 is 9.30 Å². The van der Waals surface area contributed by atoms with Crippen LogP contribution in [0.25, 0.3) is 17.2 Å². The van der Waals surface area contributed by atoms with Crippen LogP contribution in [-0.2, 0) is 22.6 Å². The molecule has 0 amide bonds. The lowest BCUT2D eigenvalue weighted by Crippen LogP contribution is -2.36. The highest BCUT2D eigenvalue weighted by Gasteiger charge is 2.40. The van der Waals surface area contributed by atoms with Gasteiger partial charge in [0, 0.05) is 19.0 Å². The van der Waals surface area contributed by atoms with Crippen LogP contribution in [0.5, 0.6) is 5.88 Å². The zero-order valence-electron chi connectivity index (χ0n) is 20.1. The highest BCUT2D eigenvalue weighted by Crippen LogP contribution is 2.39. The average molecular weight is 533 g/mol. The molecule has 5 rings (SSSR count). The fraction of sp³-hybridized carbons (Fsp3) is 0.333. The summed E-state index contributed by atoms with van der Waals surface area (Å²) < 4.78 is 73.5. The highest BCUT2D eigenvalue weighted by molar-refractivity contribution is 7.91. The highest BCUT2D eigenvalue weighted by atomic mass is 32.2. The second-order valence-corrected chi connectivity index (χ2v) is 11.2. The zero-order chi connectivity index (χ0) is 26.5. The van der Waals surface area contributed by atoms with Crippen LogP contribution in [0.3, 0.4) is 0 Å². The molecular formula is C24H23F3N6O3S. The van der Waals surface area contributed by atoms with Crippen LogP contribution in [0.1, 0.15) is 35.0 Å². The molecule has 194 valence electrons. The first-order valence-electron chi connectivity index (χ1n) is 11.3. The van der Waals surface area contributed by atoms with E-state index in [1.165, 1.54) is 19.2 Å². The van der Waals surface area contributed by atoms with E-state index in [1.807, 2.05) is 13.1 Å². The summed E-state index contributed by atoms with van der Waals surface area (Å²) in [6, 6.07) is 8.02. The minimum Gasteiger partial charge on any atom is -0.479 e. The van der Waals surface area contributed by atoms with Gasteiger partial charge in [-0.25, -0.2) is 28.1 Å². The minimum absolute atomic E-state index is 0.246. The number of benzene rings is 1. The van der Waals surface area contributed by atoms with Gasteiger partial charge >= 0.3 is 6.18 Å². The number of methoxy groups -OCH3 is 1. The first-order valence-corrected chi connectivity index (χ1v) is 13.3. The Morgan fingerprint density at radius 2 is 1.81 bits per heavy atom. The van der Waals surface area contributed by atoms with Crippen molar-refractivity contribution >= 4 is 9.84 Å². The number of aryl methyl sites for hydroxylation is 2. The first-order chi connectivity index (χ1) is 17.5. The van der Waals surface area contributed by atoms with Gasteiger partial charge in [-0.3, -0.25) is 0 Å². The van der Waals surface area contributed by atoms with Gasteiger partial charge in [0.15, 0.2) is 15.7 Å². The lowest BCUT2D eigenvalue weighted by molar-refractivity contribution is -0.137. The Morgan fingerprint density at radius 1 is 1.08 bits per heavy atom. The largest absolute Gasteiger partial charge is 0.479 e. The number of hydrogen-bond acceptors (Lipinski definition) is 7. The number of imidazole rings is 1. The maximum absolute atomic E-state index is 13.1. The Morgan fingerprint density at radius 3 is 2.41 bits per heavy atom. The molecule has 2 atom stereocenters. The monoisotopic (exact) mass is 532 g/mol. The summed E-state index contributed by atoms with van der Waals surface area (Å²) in [6.07, 6.45) is 0.344. The molecule has 0 aliphatic carbocycles. The molecular weight excluding hydrogens is 509 g/mol. The summed E-state index contributed by atoms with van der Waals surface area (Å²) in [5.41, 5.74) is 1.50. The van der Waals surface area contributed by atoms with E-state index in [1.54, 1.807) is 27.7 Å². The fourth-order valence-electron chi connectivity index (χ4n) is 4.60. The summed E-state index contributed by atoms with van der Waals surface area (Å²) >= 11 is 0. The molecule has 0 spiro atoms. The number of hydrogen-bond donors (Lipinski definition) is 0. The van der Waals surface area contributed by atoms with Crippen molar-refractivity contribution in [3.63, 3.8) is 0 Å². The van der Waals surface area contributed by atoms with Crippen LogP contribution in [0, 0.1) is 6.92 Å². The Labute approximate surface area is 210 Å². The number of rotatable bonds is 5. The Bertz CT molecular complexity index is 1560. The van der Waals surface area contributed by atoms with Crippen molar-refractivity contribution in [3.8, 4) is 23.1 Å². The molecule has 0 fully saturated rings. The normalized spacial score (nSPS) is 18.0. The number of pyridine rings is 1. The number of nitrogens with zero attached hydrogens (tertiary/aromatic N) is 6. The van der Waals surface area contributed by atoms with E-state index in [0.717, 1.165) is 24.1 Å². The Hall–Kier alpha value is -3.74. The van der Waals surface area contributed by atoms with Gasteiger partial charge in [0.1, 0.15) is 17.2 Å². The van der Waals surface area contributed by atoms with Crippen LogP contribution < -0.4 is 4.74 Å². The van der Waals surface area contributed by atoms with Gasteiger partial charge in [0.2, 0.25) is 5.88 Å². The van der Waals surface area contributed by atoms with Crippen molar-refractivity contribution < 1.29 is 26.3 Å². The Kier molecular flexibility index (Phi) is 6.05. The molecule has 9 nitrogen and oxygen atoms in total. The number of fused-ring (bicyclic) bond motifs is 1. The zero-order valence-corrected chi connectivity index (χ0v) is 21.0. The standard InChI is InChI=1S/C24H23F3N6O3S/c1-14-12-32(13-28-14)18-9-8-17(29-23(18)36-2)21-30-22-20(15-4-6-16(7-5-15)24(25,26)27)19(37(3,34)35)10-11-33(22)31-21/h4-9,12-13,19-20H,10-11H2,1-3H3/t19?,20-/m1/s1. The van der Waals surface area contributed by atoms with E-state index in [4.69, 9.17) is 4.74 Å². The molecule has 0 radical (unpaired) electrons. The number of sulfone groups is 1. The van der Waals surface area contributed by atoms with Gasteiger partial charge in [-0.05, 0) is 43.2 Å². The van der Waals surface area contributed by atoms with E-state index >= 15 is 0 Å². The summed E-state index contributed by atoms with van der Waals surface area (Å²) in [5.74, 6) is 0.137. The molecule has 3 aromatic heterocycles. The molecule has 1 unspecified atom stereocenters. The predicted octanol–water partition coefficient (Wildman–Crippen LogP) is 3.81. The fourth-order valence-corrected chi connectivity index (χ4v) is 5.91. The lowest BCUT2D eigenvalue weighted by atomic mass is 9.90. The van der Waals surface area contributed by atoms with Crippen molar-refractivity contribution in [3.05, 3.63) is 71.6 Å². The molecule has 1 aliphatic heterocycles. The van der Waals surface area contributed by atoms with Crippen molar-refractivity contribution in [2.24, 2.45) is 0 Å². The molecule has 37 heavy (non-hydrogen) atoms. The van der Waals surface area contributed by atoms with E-state index in [9.17, 15) is 21.6 Å². The van der Waals surface area contributed by atoms with Crippen molar-refractivity contribution in [2.75, 3.05) is 13.4 Å². The number of alkyl halides is 3. The molecule has 4 heterocycles. The number of halogens is 3. The molecule has 0 saturated carbocycles. The smallest absolute Gasteiger partial charge is 0.416 e. The van der Waals surface area contributed by atoms with Gasteiger partial charge in [0.05, 0.1) is 35.9 Å². The molecule has 0 saturated heterocycles. The molecule has 13 heteroatoms. The second kappa shape index (κ2) is 8.98. The summed E-state index contributed by atoms with van der Waals surface area (Å²) in [7, 11) is -2.06. The lowest BCUT2D eigenvalue weighted by Gasteiger charge is -2.30. The number of aromatic nitrogens is 6. The van der Waals surface area contributed by atoms with Crippen molar-refractivity contribution in [1.29, 1.82) is 0 Å². The SMILES string of the molecule is COc1nc(-c2nc3n(n2)CCC(S(C)(=O)=O)[C@H]3c2ccc(C(F)(F)F)cc2)ccc1-n1cnc(C)c1. The molecule has 1 aromatic carbocycles. The average Bonchev–Trinajstić information content (AvgIpc) is 3.48. The molecule has 1 aliphatic rings. The second-order valence-electron chi connectivity index (χ2n) is 8.92. The van der Waals surface area contributed by atoms with Gasteiger partial charge in [-0.2, -0.15) is 13.2 Å². The summed E-state index contributed by atoms with van der Waals surface area (Å²) in [6.45, 7) is 2.15. The van der Waals surface area contributed by atoms with E-state index in [-0.39, 0.29) is 12.2 Å². The quantitative estimate of drug-likeness (QED) is 0.385. The third-order valence-electron chi connectivity index (χ3n) is 6.38. The third-order valence-corrected chi connectivity index (χ3v) is 7.98. The first kappa shape index (κ1) is 24.9. The van der Waals surface area contributed by atoms with Crippen LogP contribution in [-0.4, -0.2) is 56.3 Å². The Balaban J connectivity index is 1.57. The number of ether oxygens (including phenoxy) is 1. The van der Waals surface area contributed by atoms with Gasteiger partial charge in [0.25, 0.3) is 0 Å². The maximum atomic E-state index is 13.1. The topological polar surface area (TPSA) is 105 Å². The van der Waals surface area contributed by atoms with E-state index in [0.29, 0.717) is 35.2 Å². The summed E-state index contributed by atoms with van der Waals surface area (Å²) in [5, 5.41) is 3.69. The predicted molar refractivity (Wildman–Crippen MR) is 128 cm³/mol. The molecule has 4 aromatic rings. The van der Waals surface area contributed by atoms with Crippen LogP contribution in [0.4, 0.5) is 13.2 Å². The van der Waals surface area contributed by atoms with Crippen LogP contribution in [0.2, 0.25) is 0 Å². The third kappa shape index (κ3) is 4.70. The van der Waals surface area contributed by atoms with Gasteiger partial charge in [-0.1, -0.05) is 12.1 Å².